The van der Waals surface area contributed by atoms with Gasteiger partial charge in [0.25, 0.3) is 5.91 Å². The molecule has 21 heavy (non-hydrogen) atoms. The van der Waals surface area contributed by atoms with Gasteiger partial charge in [-0.1, -0.05) is 22.0 Å². The molecular formula is C14H18BrNO4S. The Morgan fingerprint density at radius 1 is 1.48 bits per heavy atom. The normalized spacial score (nSPS) is 20.4. The van der Waals surface area contributed by atoms with Gasteiger partial charge in [-0.25, -0.2) is 8.42 Å². The number of amides is 1. The van der Waals surface area contributed by atoms with E-state index in [0.717, 1.165) is 10.0 Å². The predicted octanol–water partition coefficient (Wildman–Crippen LogP) is 1.38. The summed E-state index contributed by atoms with van der Waals surface area (Å²) in [7, 11) is -3.08. The first-order valence-corrected chi connectivity index (χ1v) is 9.34. The first kappa shape index (κ1) is 16.5. The number of nitrogens with zero attached hydrogens (tertiary/aromatic N) is 1. The van der Waals surface area contributed by atoms with E-state index in [1.54, 1.807) is 12.1 Å². The van der Waals surface area contributed by atoms with Crippen molar-refractivity contribution in [3.05, 3.63) is 33.8 Å². The lowest BCUT2D eigenvalue weighted by Crippen LogP contribution is -2.43. The molecule has 1 saturated heterocycles. The molecule has 1 aliphatic heterocycles. The number of aliphatic hydroxyl groups is 1. The summed E-state index contributed by atoms with van der Waals surface area (Å²) in [5.74, 6) is -0.152. The molecule has 1 aromatic carbocycles. The third-order valence-electron chi connectivity index (χ3n) is 3.75. The molecule has 2 rings (SSSR count). The lowest BCUT2D eigenvalue weighted by Gasteiger charge is -2.28. The molecule has 0 radical (unpaired) electrons. The zero-order chi connectivity index (χ0) is 15.6. The molecule has 1 heterocycles. The van der Waals surface area contributed by atoms with Crippen LogP contribution in [-0.4, -0.2) is 55.0 Å². The van der Waals surface area contributed by atoms with Gasteiger partial charge in [-0.05, 0) is 31.0 Å². The van der Waals surface area contributed by atoms with Gasteiger partial charge in [-0.15, -0.1) is 0 Å². The molecule has 0 aliphatic carbocycles. The smallest absolute Gasteiger partial charge is 0.254 e. The van der Waals surface area contributed by atoms with Crippen LogP contribution in [0.2, 0.25) is 0 Å². The summed E-state index contributed by atoms with van der Waals surface area (Å²) in [6.45, 7) is 1.79. The largest absolute Gasteiger partial charge is 0.395 e. The van der Waals surface area contributed by atoms with Crippen LogP contribution in [0.5, 0.6) is 0 Å². The van der Waals surface area contributed by atoms with Crippen LogP contribution < -0.4 is 0 Å². The molecule has 1 unspecified atom stereocenters. The van der Waals surface area contributed by atoms with Crippen LogP contribution in [-0.2, 0) is 9.84 Å². The standard InChI is InChI=1S/C14H18BrNO4S/c1-10-12(3-2-4-13(10)15)14(18)16(6-7-17)11-5-8-21(19,20)9-11/h2-4,11,17H,5-9H2,1H3. The first-order valence-electron chi connectivity index (χ1n) is 6.73. The molecule has 1 amide bonds. The van der Waals surface area contributed by atoms with Gasteiger partial charge in [0.2, 0.25) is 0 Å². The van der Waals surface area contributed by atoms with E-state index in [-0.39, 0.29) is 36.6 Å². The van der Waals surface area contributed by atoms with Crippen molar-refractivity contribution in [3.8, 4) is 0 Å². The molecule has 7 heteroatoms. The lowest BCUT2D eigenvalue weighted by atomic mass is 10.1. The molecule has 1 aromatic rings. The second-order valence-corrected chi connectivity index (χ2v) is 8.27. The molecule has 1 fully saturated rings. The number of carbonyl (C=O) groups excluding carboxylic acids is 1. The highest BCUT2D eigenvalue weighted by Crippen LogP contribution is 2.24. The van der Waals surface area contributed by atoms with Gasteiger partial charge in [0.15, 0.2) is 9.84 Å². The molecule has 1 N–H and O–H groups in total. The number of halogens is 1. The molecule has 0 bridgehead atoms. The van der Waals surface area contributed by atoms with Gasteiger partial charge in [0.05, 0.1) is 18.1 Å². The zero-order valence-electron chi connectivity index (χ0n) is 11.8. The van der Waals surface area contributed by atoms with Crippen LogP contribution in [0.4, 0.5) is 0 Å². The van der Waals surface area contributed by atoms with E-state index < -0.39 is 9.84 Å². The monoisotopic (exact) mass is 375 g/mol. The number of hydrogen-bond acceptors (Lipinski definition) is 4. The number of aliphatic hydroxyl groups excluding tert-OH is 1. The quantitative estimate of drug-likeness (QED) is 0.862. The van der Waals surface area contributed by atoms with Gasteiger partial charge in [0, 0.05) is 22.6 Å². The van der Waals surface area contributed by atoms with Crippen molar-refractivity contribution in [1.82, 2.24) is 4.90 Å². The first-order chi connectivity index (χ1) is 9.85. The van der Waals surface area contributed by atoms with E-state index in [1.165, 1.54) is 4.90 Å². The van der Waals surface area contributed by atoms with Crippen molar-refractivity contribution >= 4 is 31.7 Å². The van der Waals surface area contributed by atoms with Crippen molar-refractivity contribution in [1.29, 1.82) is 0 Å². The van der Waals surface area contributed by atoms with E-state index in [0.29, 0.717) is 12.0 Å². The molecule has 0 saturated carbocycles. The van der Waals surface area contributed by atoms with Crippen LogP contribution in [0.25, 0.3) is 0 Å². The minimum absolute atomic E-state index is 0.0220. The van der Waals surface area contributed by atoms with E-state index in [9.17, 15) is 18.3 Å². The summed E-state index contributed by atoms with van der Waals surface area (Å²) in [4.78, 5) is 14.2. The Balaban J connectivity index is 2.30. The molecule has 1 atom stereocenters. The summed E-state index contributed by atoms with van der Waals surface area (Å²) in [5.41, 5.74) is 1.34. The minimum atomic E-state index is -3.08. The van der Waals surface area contributed by atoms with Crippen LogP contribution in [0.3, 0.4) is 0 Å². The van der Waals surface area contributed by atoms with Crippen LogP contribution in [0.15, 0.2) is 22.7 Å². The maximum Gasteiger partial charge on any atom is 0.254 e. The molecule has 0 aromatic heterocycles. The molecule has 0 spiro atoms. The fraction of sp³-hybridized carbons (Fsp3) is 0.500. The summed E-state index contributed by atoms with van der Waals surface area (Å²) >= 11 is 3.39. The fourth-order valence-electron chi connectivity index (χ4n) is 2.57. The Morgan fingerprint density at radius 3 is 2.76 bits per heavy atom. The van der Waals surface area contributed by atoms with Crippen LogP contribution in [0.1, 0.15) is 22.3 Å². The van der Waals surface area contributed by atoms with Gasteiger partial charge < -0.3 is 10.0 Å². The topological polar surface area (TPSA) is 74.7 Å². The Kier molecular flexibility index (Phi) is 5.06. The van der Waals surface area contributed by atoms with Crippen LogP contribution >= 0.6 is 15.9 Å². The van der Waals surface area contributed by atoms with Crippen molar-refractivity contribution in [3.63, 3.8) is 0 Å². The highest BCUT2D eigenvalue weighted by Gasteiger charge is 2.35. The second-order valence-electron chi connectivity index (χ2n) is 5.19. The summed E-state index contributed by atoms with van der Waals surface area (Å²) < 4.78 is 24.1. The highest BCUT2D eigenvalue weighted by molar-refractivity contribution is 9.10. The Hall–Kier alpha value is -0.920. The summed E-state index contributed by atoms with van der Waals surface area (Å²) in [6.07, 6.45) is 0.432. The van der Waals surface area contributed by atoms with Gasteiger partial charge in [-0.2, -0.15) is 0 Å². The SMILES string of the molecule is Cc1c(Br)cccc1C(=O)N(CCO)C1CCS(=O)(=O)C1. The highest BCUT2D eigenvalue weighted by atomic mass is 79.9. The Labute approximate surface area is 133 Å². The van der Waals surface area contributed by atoms with Gasteiger partial charge >= 0.3 is 0 Å². The minimum Gasteiger partial charge on any atom is -0.395 e. The Bertz CT molecular complexity index is 644. The number of hydrogen-bond donors (Lipinski definition) is 1. The third-order valence-corrected chi connectivity index (χ3v) is 6.36. The van der Waals surface area contributed by atoms with Gasteiger partial charge in [0.1, 0.15) is 0 Å². The van der Waals surface area contributed by atoms with E-state index >= 15 is 0 Å². The van der Waals surface area contributed by atoms with Crippen molar-refractivity contribution < 1.29 is 18.3 Å². The second kappa shape index (κ2) is 6.46. The van der Waals surface area contributed by atoms with Crippen LogP contribution in [0, 0.1) is 6.92 Å². The maximum absolute atomic E-state index is 12.7. The molecule has 5 nitrogen and oxygen atoms in total. The fourth-order valence-corrected chi connectivity index (χ4v) is 4.67. The number of rotatable bonds is 4. The van der Waals surface area contributed by atoms with Crippen molar-refractivity contribution in [2.45, 2.75) is 19.4 Å². The lowest BCUT2D eigenvalue weighted by molar-refractivity contribution is 0.0654. The molecule has 1 aliphatic rings. The summed E-state index contributed by atoms with van der Waals surface area (Å²) in [6, 6.07) is 4.99. The van der Waals surface area contributed by atoms with E-state index in [2.05, 4.69) is 15.9 Å². The number of carbonyl (C=O) groups is 1. The van der Waals surface area contributed by atoms with Crippen molar-refractivity contribution in [2.24, 2.45) is 0 Å². The number of benzene rings is 1. The average Bonchev–Trinajstić information content (AvgIpc) is 2.78. The maximum atomic E-state index is 12.7. The third kappa shape index (κ3) is 3.64. The van der Waals surface area contributed by atoms with E-state index in [4.69, 9.17) is 0 Å². The average molecular weight is 376 g/mol. The predicted molar refractivity (Wildman–Crippen MR) is 84.1 cm³/mol. The molecule has 116 valence electrons. The van der Waals surface area contributed by atoms with E-state index in [1.807, 2.05) is 13.0 Å². The molecular weight excluding hydrogens is 358 g/mol. The summed E-state index contributed by atoms with van der Waals surface area (Å²) in [5, 5.41) is 9.19. The number of sulfone groups is 1. The van der Waals surface area contributed by atoms with Gasteiger partial charge in [-0.3, -0.25) is 4.79 Å². The Morgan fingerprint density at radius 2 is 2.19 bits per heavy atom. The van der Waals surface area contributed by atoms with Crippen molar-refractivity contribution in [2.75, 3.05) is 24.7 Å². The zero-order valence-corrected chi connectivity index (χ0v) is 14.2.